The van der Waals surface area contributed by atoms with E-state index in [2.05, 4.69) is 11.1 Å². The summed E-state index contributed by atoms with van der Waals surface area (Å²) in [5.74, 6) is 0. The van der Waals surface area contributed by atoms with Crippen LogP contribution >= 0.6 is 19.2 Å². The number of nitriles is 1. The van der Waals surface area contributed by atoms with Crippen LogP contribution in [0.25, 0.3) is 22.0 Å². The van der Waals surface area contributed by atoms with Gasteiger partial charge >= 0.3 is 7.60 Å². The third kappa shape index (κ3) is 4.04. The van der Waals surface area contributed by atoms with E-state index in [1.165, 1.54) is 6.07 Å². The molecule has 1 aromatic heterocycles. The topological polar surface area (TPSA) is 103 Å². The number of halogens is 1. The number of fused-ring (bicyclic) bond motifs is 1. The zero-order valence-corrected chi connectivity index (χ0v) is 16.9. The van der Waals surface area contributed by atoms with Crippen molar-refractivity contribution in [1.29, 1.82) is 5.26 Å². The fraction of sp³-hybridized carbons (Fsp3) is 0.200. The standard InChI is InChI=1S/C20H18ClN2O4P/c1-3-12(2)27-28(25,26)19-9-15-8-16(14-6-4-13(11-22)5-7-14)17(21)10-18(15)23-20(19)24/h4-10,12H,3H2,1-2H3,(H,23,24)(H,25,26). The molecule has 2 N–H and O–H groups in total. The van der Waals surface area contributed by atoms with Gasteiger partial charge in [-0.05, 0) is 54.6 Å². The second-order valence-corrected chi connectivity index (χ2v) is 8.58. The molecule has 2 unspecified atom stereocenters. The van der Waals surface area contributed by atoms with Crippen LogP contribution in [0, 0.1) is 11.3 Å². The Labute approximate surface area is 166 Å². The van der Waals surface area contributed by atoms with Gasteiger partial charge in [-0.3, -0.25) is 9.36 Å². The van der Waals surface area contributed by atoms with Crippen molar-refractivity contribution in [2.75, 3.05) is 0 Å². The molecule has 1 heterocycles. The molecule has 0 saturated carbocycles. The number of hydrogen-bond donors (Lipinski definition) is 2. The third-order valence-corrected chi connectivity index (χ3v) is 6.34. The Morgan fingerprint density at radius 3 is 2.57 bits per heavy atom. The van der Waals surface area contributed by atoms with E-state index in [0.717, 1.165) is 5.56 Å². The highest BCUT2D eigenvalue weighted by atomic mass is 35.5. The molecule has 2 aromatic carbocycles. The molecule has 0 aliphatic rings. The Hall–Kier alpha value is -2.42. The van der Waals surface area contributed by atoms with Crippen molar-refractivity contribution in [3.8, 4) is 17.2 Å². The molecule has 144 valence electrons. The van der Waals surface area contributed by atoms with Gasteiger partial charge in [0.25, 0.3) is 5.56 Å². The molecule has 0 saturated heterocycles. The predicted molar refractivity (Wildman–Crippen MR) is 110 cm³/mol. The molecule has 0 radical (unpaired) electrons. The van der Waals surface area contributed by atoms with E-state index in [1.54, 1.807) is 43.3 Å². The fourth-order valence-corrected chi connectivity index (χ4v) is 4.39. The first-order valence-electron chi connectivity index (χ1n) is 8.64. The minimum Gasteiger partial charge on any atom is -0.321 e. The molecule has 0 aliphatic heterocycles. The monoisotopic (exact) mass is 416 g/mol. The Kier molecular flexibility index (Phi) is 5.74. The summed E-state index contributed by atoms with van der Waals surface area (Å²) in [6.07, 6.45) is 0.0689. The quantitative estimate of drug-likeness (QED) is 0.602. The Morgan fingerprint density at radius 2 is 1.96 bits per heavy atom. The third-order valence-electron chi connectivity index (χ3n) is 4.44. The van der Waals surface area contributed by atoms with Crippen molar-refractivity contribution in [3.05, 3.63) is 63.4 Å². The minimum absolute atomic E-state index is 0.312. The van der Waals surface area contributed by atoms with Crippen LogP contribution < -0.4 is 10.9 Å². The summed E-state index contributed by atoms with van der Waals surface area (Å²) in [7, 11) is -4.28. The van der Waals surface area contributed by atoms with Crippen LogP contribution in [0.2, 0.25) is 5.02 Å². The molecule has 0 spiro atoms. The van der Waals surface area contributed by atoms with Crippen molar-refractivity contribution in [2.24, 2.45) is 0 Å². The number of aromatic amines is 1. The lowest BCUT2D eigenvalue weighted by Crippen LogP contribution is -2.29. The van der Waals surface area contributed by atoms with E-state index in [0.29, 0.717) is 33.5 Å². The lowest BCUT2D eigenvalue weighted by atomic mass is 10.0. The largest absolute Gasteiger partial charge is 0.364 e. The zero-order chi connectivity index (χ0) is 20.5. The first kappa shape index (κ1) is 20.3. The maximum Gasteiger partial charge on any atom is 0.364 e. The summed E-state index contributed by atoms with van der Waals surface area (Å²) in [4.78, 5) is 25.2. The summed E-state index contributed by atoms with van der Waals surface area (Å²) in [5, 5.41) is 9.57. The van der Waals surface area contributed by atoms with Gasteiger partial charge in [0, 0.05) is 11.1 Å². The second kappa shape index (κ2) is 7.90. The number of nitrogens with one attached hydrogen (secondary N) is 1. The van der Waals surface area contributed by atoms with Crippen LogP contribution in [-0.2, 0) is 9.09 Å². The Bertz CT molecular complexity index is 1180. The van der Waals surface area contributed by atoms with E-state index >= 15 is 0 Å². The molecule has 0 aliphatic carbocycles. The average molecular weight is 417 g/mol. The van der Waals surface area contributed by atoms with Crippen LogP contribution in [-0.4, -0.2) is 16.0 Å². The number of rotatable bonds is 5. The normalized spacial score (nSPS) is 14.4. The van der Waals surface area contributed by atoms with E-state index < -0.39 is 19.3 Å². The van der Waals surface area contributed by atoms with Crippen molar-refractivity contribution in [2.45, 2.75) is 26.4 Å². The number of aromatic nitrogens is 1. The molecule has 6 nitrogen and oxygen atoms in total. The lowest BCUT2D eigenvalue weighted by Gasteiger charge is -2.17. The number of hydrogen-bond acceptors (Lipinski definition) is 4. The molecular weight excluding hydrogens is 399 g/mol. The molecule has 28 heavy (non-hydrogen) atoms. The summed E-state index contributed by atoms with van der Waals surface area (Å²) in [6.45, 7) is 3.49. The summed E-state index contributed by atoms with van der Waals surface area (Å²) >= 11 is 6.37. The highest BCUT2D eigenvalue weighted by Crippen LogP contribution is 2.42. The van der Waals surface area contributed by atoms with Gasteiger partial charge in [-0.1, -0.05) is 30.7 Å². The van der Waals surface area contributed by atoms with Crippen LogP contribution in [0.3, 0.4) is 0 Å². The Balaban J connectivity index is 2.14. The van der Waals surface area contributed by atoms with Crippen molar-refractivity contribution < 1.29 is 14.0 Å². The number of nitrogens with zero attached hydrogens (tertiary/aromatic N) is 1. The SMILES string of the molecule is CCC(C)OP(=O)(O)c1cc2cc(-c3ccc(C#N)cc3)c(Cl)cc2[nH]c1=O. The zero-order valence-electron chi connectivity index (χ0n) is 15.3. The predicted octanol–water partition coefficient (Wildman–Crippen LogP) is 4.35. The van der Waals surface area contributed by atoms with Crippen LogP contribution in [0.5, 0.6) is 0 Å². The Morgan fingerprint density at radius 1 is 1.29 bits per heavy atom. The van der Waals surface area contributed by atoms with Gasteiger partial charge in [0.05, 0.1) is 22.8 Å². The first-order valence-corrected chi connectivity index (χ1v) is 10.6. The highest BCUT2D eigenvalue weighted by molar-refractivity contribution is 7.61. The van der Waals surface area contributed by atoms with E-state index in [9.17, 15) is 14.3 Å². The van der Waals surface area contributed by atoms with Gasteiger partial charge in [-0.25, -0.2) is 0 Å². The summed E-state index contributed by atoms with van der Waals surface area (Å²) < 4.78 is 17.8. The molecule has 3 rings (SSSR count). The molecule has 0 bridgehead atoms. The molecule has 0 amide bonds. The number of pyridine rings is 1. The van der Waals surface area contributed by atoms with Crippen molar-refractivity contribution in [3.63, 3.8) is 0 Å². The fourth-order valence-electron chi connectivity index (χ4n) is 2.75. The van der Waals surface area contributed by atoms with E-state index in [1.807, 2.05) is 6.92 Å². The maximum absolute atomic E-state index is 12.6. The van der Waals surface area contributed by atoms with Gasteiger partial charge in [0.2, 0.25) is 0 Å². The molecule has 2 atom stereocenters. The molecule has 8 heteroatoms. The highest BCUT2D eigenvalue weighted by Gasteiger charge is 2.29. The van der Waals surface area contributed by atoms with Gasteiger partial charge in [0.15, 0.2) is 0 Å². The van der Waals surface area contributed by atoms with Gasteiger partial charge in [-0.15, -0.1) is 0 Å². The summed E-state index contributed by atoms with van der Waals surface area (Å²) in [5.41, 5.74) is 1.73. The van der Waals surface area contributed by atoms with Crippen molar-refractivity contribution in [1.82, 2.24) is 4.98 Å². The number of benzene rings is 2. The van der Waals surface area contributed by atoms with Gasteiger partial charge < -0.3 is 14.4 Å². The molecular formula is C20H18ClN2O4P. The smallest absolute Gasteiger partial charge is 0.321 e. The second-order valence-electron chi connectivity index (χ2n) is 6.44. The minimum atomic E-state index is -4.28. The molecule has 3 aromatic rings. The average Bonchev–Trinajstić information content (AvgIpc) is 2.66. The van der Waals surface area contributed by atoms with Crippen LogP contribution in [0.1, 0.15) is 25.8 Å². The van der Waals surface area contributed by atoms with Crippen LogP contribution in [0.4, 0.5) is 0 Å². The number of H-pyrrole nitrogens is 1. The molecule has 0 fully saturated rings. The van der Waals surface area contributed by atoms with Crippen LogP contribution in [0.15, 0.2) is 47.3 Å². The van der Waals surface area contributed by atoms with E-state index in [-0.39, 0.29) is 5.30 Å². The van der Waals surface area contributed by atoms with Gasteiger partial charge in [0.1, 0.15) is 5.30 Å². The lowest BCUT2D eigenvalue weighted by molar-refractivity contribution is 0.192. The van der Waals surface area contributed by atoms with E-state index in [4.69, 9.17) is 21.4 Å². The van der Waals surface area contributed by atoms with Crippen molar-refractivity contribution >= 4 is 35.4 Å². The maximum atomic E-state index is 12.6. The first-order chi connectivity index (χ1) is 13.2. The summed E-state index contributed by atoms with van der Waals surface area (Å²) in [6, 6.07) is 13.6. The van der Waals surface area contributed by atoms with Gasteiger partial charge in [-0.2, -0.15) is 5.26 Å².